The molecule has 3 saturated heterocycles. The van der Waals surface area contributed by atoms with Crippen LogP contribution in [0, 0.1) is 13.8 Å². The number of rotatable bonds is 9. The van der Waals surface area contributed by atoms with Crippen LogP contribution in [0.1, 0.15) is 54.4 Å². The molecule has 0 radical (unpaired) electrons. The fourth-order valence-electron chi connectivity index (χ4n) is 8.11. The molecule has 2 aromatic rings. The Hall–Kier alpha value is -4.36. The van der Waals surface area contributed by atoms with Crippen LogP contribution in [0.15, 0.2) is 36.4 Å². The number of piperidine rings is 2. The van der Waals surface area contributed by atoms with Crippen molar-refractivity contribution in [1.29, 1.82) is 0 Å². The maximum Gasteiger partial charge on any atom is 0.410 e. The number of nitrogens with zero attached hydrogens (tertiary/aromatic N) is 5. The molecule has 0 unspecified atom stereocenters. The van der Waals surface area contributed by atoms with Crippen LogP contribution in [0.5, 0.6) is 5.75 Å². The second-order valence-corrected chi connectivity index (χ2v) is 14.5. The van der Waals surface area contributed by atoms with Gasteiger partial charge in [0.1, 0.15) is 5.75 Å². The monoisotopic (exact) mass is 704 g/mol. The van der Waals surface area contributed by atoms with Crippen molar-refractivity contribution >= 4 is 29.7 Å². The number of aromatic hydroxyl groups is 1. The number of urea groups is 1. The van der Waals surface area contributed by atoms with Crippen molar-refractivity contribution in [3.05, 3.63) is 58.7 Å². The standard InChI is InChI=1S/C38H52N6O7/c1-26-23-28(24-27(2)35(26)47)25-33(36(48)42-14-8-30(9-15-42)41-21-19-40(20-22-41)13-12-34(45)46)51-38(50)43-16-10-31(11-17-43)44-18-7-29-5-3-4-6-32(29)39-37(44)49/h3-6,23-24,30-31,33,47H,7-22,25H2,1-2H3,(H,39,49)(H,45,46)/t33-/m1/s1. The number of fused-ring (bicyclic) bond motifs is 1. The summed E-state index contributed by atoms with van der Waals surface area (Å²) in [6, 6.07) is 11.8. The molecule has 2 aromatic carbocycles. The van der Waals surface area contributed by atoms with Crippen LogP contribution in [0.4, 0.5) is 15.3 Å². The summed E-state index contributed by atoms with van der Waals surface area (Å²) in [5, 5.41) is 22.4. The summed E-state index contributed by atoms with van der Waals surface area (Å²) in [7, 11) is 0. The predicted octanol–water partition coefficient (Wildman–Crippen LogP) is 3.69. The number of carboxylic acids is 1. The quantitative estimate of drug-likeness (QED) is 0.356. The van der Waals surface area contributed by atoms with Crippen LogP contribution < -0.4 is 5.32 Å². The van der Waals surface area contributed by atoms with Gasteiger partial charge >= 0.3 is 18.1 Å². The third kappa shape index (κ3) is 8.93. The molecule has 4 amide bonds. The molecule has 1 atom stereocenters. The Balaban J connectivity index is 1.05. The van der Waals surface area contributed by atoms with Gasteiger partial charge in [0.05, 0.1) is 6.42 Å². The lowest BCUT2D eigenvalue weighted by molar-refractivity contribution is -0.143. The largest absolute Gasteiger partial charge is 0.507 e. The molecule has 3 fully saturated rings. The molecule has 4 aliphatic rings. The number of piperazine rings is 1. The molecule has 13 heteroatoms. The van der Waals surface area contributed by atoms with Gasteiger partial charge in [-0.25, -0.2) is 9.59 Å². The van der Waals surface area contributed by atoms with E-state index in [-0.39, 0.29) is 36.6 Å². The number of hydrogen-bond donors (Lipinski definition) is 3. The molecule has 51 heavy (non-hydrogen) atoms. The third-order valence-electron chi connectivity index (χ3n) is 11.1. The van der Waals surface area contributed by atoms with E-state index in [1.165, 1.54) is 0 Å². The number of carboxylic acid groups (broad SMARTS) is 1. The van der Waals surface area contributed by atoms with Gasteiger partial charge in [0.15, 0.2) is 6.10 Å². The van der Waals surface area contributed by atoms with Crippen molar-refractivity contribution in [1.82, 2.24) is 24.5 Å². The second kappa shape index (κ2) is 16.3. The number of carbonyl (C=O) groups is 4. The molecule has 6 rings (SSSR count). The Labute approximate surface area is 300 Å². The minimum atomic E-state index is -1.01. The number of aryl methyl sites for hydroxylation is 2. The SMILES string of the molecule is Cc1cc(C[C@@H](OC(=O)N2CCC(N3CCc4ccccc4NC3=O)CC2)C(=O)N2CCC(N3CCN(CCC(=O)O)CC3)CC2)cc(C)c1O. The first-order valence-corrected chi connectivity index (χ1v) is 18.4. The molecule has 0 bridgehead atoms. The summed E-state index contributed by atoms with van der Waals surface area (Å²) in [5.41, 5.74) is 4.18. The van der Waals surface area contributed by atoms with Crippen molar-refractivity contribution in [2.75, 3.05) is 70.8 Å². The van der Waals surface area contributed by atoms with Gasteiger partial charge in [0.25, 0.3) is 5.91 Å². The van der Waals surface area contributed by atoms with Crippen molar-refractivity contribution in [2.45, 2.75) is 77.0 Å². The lowest BCUT2D eigenvalue weighted by atomic mass is 9.98. The summed E-state index contributed by atoms with van der Waals surface area (Å²) in [6.45, 7) is 10.2. The highest BCUT2D eigenvalue weighted by atomic mass is 16.6. The average molecular weight is 705 g/mol. The van der Waals surface area contributed by atoms with Gasteiger partial charge < -0.3 is 39.9 Å². The van der Waals surface area contributed by atoms with Crippen molar-refractivity contribution in [2.24, 2.45) is 0 Å². The number of nitrogens with one attached hydrogen (secondary N) is 1. The normalized spacial score (nSPS) is 20.4. The number of para-hydroxylation sites is 1. The Morgan fingerprint density at radius 2 is 1.49 bits per heavy atom. The summed E-state index contributed by atoms with van der Waals surface area (Å²) in [6.07, 6.45) is 2.47. The average Bonchev–Trinajstić information content (AvgIpc) is 3.30. The van der Waals surface area contributed by atoms with Crippen molar-refractivity contribution < 1.29 is 34.1 Å². The van der Waals surface area contributed by atoms with Gasteiger partial charge in [-0.15, -0.1) is 0 Å². The summed E-state index contributed by atoms with van der Waals surface area (Å²) < 4.78 is 6.06. The van der Waals surface area contributed by atoms with Gasteiger partial charge in [-0.1, -0.05) is 30.3 Å². The molecule has 4 heterocycles. The zero-order valence-corrected chi connectivity index (χ0v) is 29.9. The van der Waals surface area contributed by atoms with Gasteiger partial charge in [-0.2, -0.15) is 0 Å². The molecular formula is C38H52N6O7. The van der Waals surface area contributed by atoms with E-state index in [0.29, 0.717) is 69.3 Å². The van der Waals surface area contributed by atoms with E-state index in [0.717, 1.165) is 62.3 Å². The summed E-state index contributed by atoms with van der Waals surface area (Å²) >= 11 is 0. The molecule has 3 N–H and O–H groups in total. The Morgan fingerprint density at radius 3 is 2.16 bits per heavy atom. The molecule has 0 aromatic heterocycles. The molecule has 0 aliphatic carbocycles. The minimum Gasteiger partial charge on any atom is -0.507 e. The van der Waals surface area contributed by atoms with Gasteiger partial charge in [-0.3, -0.25) is 14.5 Å². The molecular weight excluding hydrogens is 652 g/mol. The highest BCUT2D eigenvalue weighted by molar-refractivity contribution is 5.91. The number of aliphatic carboxylic acids is 1. The van der Waals surface area contributed by atoms with Crippen LogP contribution in [-0.4, -0.2) is 142 Å². The molecule has 276 valence electrons. The smallest absolute Gasteiger partial charge is 0.410 e. The summed E-state index contributed by atoms with van der Waals surface area (Å²) in [4.78, 5) is 61.8. The fourth-order valence-corrected chi connectivity index (χ4v) is 8.11. The fraction of sp³-hybridized carbons (Fsp3) is 0.579. The Kier molecular flexibility index (Phi) is 11.7. The van der Waals surface area contributed by atoms with Gasteiger partial charge in [0, 0.05) is 89.6 Å². The number of phenolic OH excluding ortho intramolecular Hbond substituents is 1. The first-order valence-electron chi connectivity index (χ1n) is 18.4. The lowest BCUT2D eigenvalue weighted by Gasteiger charge is -2.43. The third-order valence-corrected chi connectivity index (χ3v) is 11.1. The maximum absolute atomic E-state index is 14.1. The van der Waals surface area contributed by atoms with Crippen molar-refractivity contribution in [3.63, 3.8) is 0 Å². The van der Waals surface area contributed by atoms with Gasteiger partial charge in [0.2, 0.25) is 0 Å². The molecule has 0 spiro atoms. The Morgan fingerprint density at radius 1 is 0.863 bits per heavy atom. The van der Waals surface area contributed by atoms with E-state index in [1.807, 2.05) is 60.0 Å². The number of hydrogen-bond acceptors (Lipinski definition) is 8. The highest BCUT2D eigenvalue weighted by Crippen LogP contribution is 2.27. The van der Waals surface area contributed by atoms with E-state index in [2.05, 4.69) is 15.1 Å². The lowest BCUT2D eigenvalue weighted by Crippen LogP contribution is -2.55. The molecule has 4 aliphatic heterocycles. The predicted molar refractivity (Wildman–Crippen MR) is 192 cm³/mol. The minimum absolute atomic E-state index is 0.00208. The van der Waals surface area contributed by atoms with E-state index in [1.54, 1.807) is 4.90 Å². The maximum atomic E-state index is 14.1. The Bertz CT molecular complexity index is 1560. The zero-order valence-electron chi connectivity index (χ0n) is 29.9. The van der Waals surface area contributed by atoms with Crippen LogP contribution in [-0.2, 0) is 27.2 Å². The summed E-state index contributed by atoms with van der Waals surface area (Å²) in [5.74, 6) is -0.767. The first-order chi connectivity index (χ1) is 24.5. The van der Waals surface area contributed by atoms with Crippen LogP contribution in [0.25, 0.3) is 0 Å². The van der Waals surface area contributed by atoms with E-state index >= 15 is 0 Å². The number of benzene rings is 2. The van der Waals surface area contributed by atoms with Crippen LogP contribution in [0.3, 0.4) is 0 Å². The second-order valence-electron chi connectivity index (χ2n) is 14.5. The first kappa shape index (κ1) is 36.4. The number of amides is 4. The zero-order chi connectivity index (χ0) is 36.1. The molecule has 13 nitrogen and oxygen atoms in total. The van der Waals surface area contributed by atoms with Gasteiger partial charge in [-0.05, 0) is 74.3 Å². The highest BCUT2D eigenvalue weighted by Gasteiger charge is 2.36. The number of ether oxygens (including phenoxy) is 1. The van der Waals surface area contributed by atoms with E-state index in [9.17, 15) is 24.3 Å². The van der Waals surface area contributed by atoms with Crippen LogP contribution in [0.2, 0.25) is 0 Å². The van der Waals surface area contributed by atoms with E-state index < -0.39 is 18.2 Å². The van der Waals surface area contributed by atoms with E-state index in [4.69, 9.17) is 9.84 Å². The number of carbonyl (C=O) groups excluding carboxylic acids is 3. The number of likely N-dealkylation sites (tertiary alicyclic amines) is 2. The molecule has 0 saturated carbocycles. The van der Waals surface area contributed by atoms with Crippen molar-refractivity contribution in [3.8, 4) is 5.75 Å². The van der Waals surface area contributed by atoms with Crippen LogP contribution >= 0.6 is 0 Å². The number of anilines is 1. The topological polar surface area (TPSA) is 146 Å². The number of phenols is 1.